The van der Waals surface area contributed by atoms with E-state index in [-0.39, 0.29) is 33.1 Å². The number of ketones is 1. The number of hydrogen-bond donors (Lipinski definition) is 0. The van der Waals surface area contributed by atoms with Crippen LogP contribution in [0.5, 0.6) is 5.75 Å². The highest BCUT2D eigenvalue weighted by atomic mass is 35.5. The molecule has 4 aromatic carbocycles. The fraction of sp³-hybridized carbons (Fsp3) is 0.0667. The summed E-state index contributed by atoms with van der Waals surface area (Å²) in [6, 6.07) is 23.8. The monoisotopic (exact) mass is 559 g/mol. The van der Waals surface area contributed by atoms with E-state index in [2.05, 4.69) is 0 Å². The molecule has 4 aromatic rings. The number of amides is 2. The van der Waals surface area contributed by atoms with Crippen molar-refractivity contribution in [2.24, 2.45) is 0 Å². The molecule has 1 atom stereocenters. The van der Waals surface area contributed by atoms with Crippen LogP contribution in [0, 0.1) is 0 Å². The SMILES string of the molecule is COc1cc(N2C(=O)c3ccccc3C2=O)c(Cl)cc1C(=O)O[C@H](C(=O)c1ccc(Cl)cc1)c1ccccc1. The van der Waals surface area contributed by atoms with Crippen molar-refractivity contribution in [1.29, 1.82) is 0 Å². The van der Waals surface area contributed by atoms with Gasteiger partial charge in [-0.3, -0.25) is 14.4 Å². The van der Waals surface area contributed by atoms with Gasteiger partial charge >= 0.3 is 5.97 Å². The number of carbonyl (C=O) groups excluding carboxylic acids is 4. The Balaban J connectivity index is 1.49. The van der Waals surface area contributed by atoms with Gasteiger partial charge in [0.2, 0.25) is 5.78 Å². The average Bonchev–Trinajstić information content (AvgIpc) is 3.21. The summed E-state index contributed by atoms with van der Waals surface area (Å²) >= 11 is 12.5. The van der Waals surface area contributed by atoms with Gasteiger partial charge in [0.05, 0.1) is 28.9 Å². The number of fused-ring (bicyclic) bond motifs is 1. The average molecular weight is 560 g/mol. The first-order valence-electron chi connectivity index (χ1n) is 11.7. The van der Waals surface area contributed by atoms with Crippen molar-refractivity contribution in [3.05, 3.63) is 129 Å². The van der Waals surface area contributed by atoms with Gasteiger partial charge in [0.1, 0.15) is 11.3 Å². The maximum atomic E-state index is 13.4. The Morgan fingerprint density at radius 3 is 1.97 bits per heavy atom. The molecule has 9 heteroatoms. The van der Waals surface area contributed by atoms with Crippen LogP contribution < -0.4 is 9.64 Å². The van der Waals surface area contributed by atoms with Gasteiger partial charge in [-0.15, -0.1) is 0 Å². The summed E-state index contributed by atoms with van der Waals surface area (Å²) in [5.74, 6) is -2.44. The summed E-state index contributed by atoms with van der Waals surface area (Å²) in [5.41, 5.74) is 1.20. The largest absolute Gasteiger partial charge is 0.496 e. The number of ether oxygens (including phenoxy) is 2. The summed E-state index contributed by atoms with van der Waals surface area (Å²) in [4.78, 5) is 53.7. The maximum absolute atomic E-state index is 13.4. The molecule has 194 valence electrons. The second kappa shape index (κ2) is 10.7. The van der Waals surface area contributed by atoms with E-state index in [9.17, 15) is 19.2 Å². The Morgan fingerprint density at radius 2 is 1.38 bits per heavy atom. The second-order valence-electron chi connectivity index (χ2n) is 8.56. The third-order valence-electron chi connectivity index (χ3n) is 6.22. The first-order valence-corrected chi connectivity index (χ1v) is 12.5. The molecule has 0 aromatic heterocycles. The fourth-order valence-corrected chi connectivity index (χ4v) is 4.66. The van der Waals surface area contributed by atoms with Crippen LogP contribution in [0.1, 0.15) is 53.1 Å². The number of nitrogens with zero attached hydrogens (tertiary/aromatic N) is 1. The number of imide groups is 1. The number of halogens is 2. The second-order valence-corrected chi connectivity index (χ2v) is 9.41. The van der Waals surface area contributed by atoms with Gasteiger partial charge in [-0.05, 0) is 42.5 Å². The van der Waals surface area contributed by atoms with Gasteiger partial charge in [0, 0.05) is 22.2 Å². The molecule has 0 saturated carbocycles. The van der Waals surface area contributed by atoms with Gasteiger partial charge in [-0.1, -0.05) is 65.7 Å². The summed E-state index contributed by atoms with van der Waals surface area (Å²) in [7, 11) is 1.32. The zero-order valence-electron chi connectivity index (χ0n) is 20.4. The molecular formula is C30H19Cl2NO6. The minimum atomic E-state index is -1.28. The van der Waals surface area contributed by atoms with Crippen molar-refractivity contribution >= 4 is 52.5 Å². The normalized spacial score (nSPS) is 13.2. The molecule has 39 heavy (non-hydrogen) atoms. The Labute approximate surface area is 233 Å². The number of rotatable bonds is 7. The number of Topliss-reactive ketones (excluding diaryl/α,β-unsaturated/α-hetero) is 1. The van der Waals surface area contributed by atoms with Crippen LogP contribution >= 0.6 is 23.2 Å². The van der Waals surface area contributed by atoms with Crippen molar-refractivity contribution in [3.8, 4) is 5.75 Å². The maximum Gasteiger partial charge on any atom is 0.343 e. The quantitative estimate of drug-likeness (QED) is 0.144. The van der Waals surface area contributed by atoms with Crippen LogP contribution in [0.2, 0.25) is 10.0 Å². The zero-order chi connectivity index (χ0) is 27.7. The van der Waals surface area contributed by atoms with E-state index in [4.69, 9.17) is 32.7 Å². The fourth-order valence-electron chi connectivity index (χ4n) is 4.29. The van der Waals surface area contributed by atoms with Crippen molar-refractivity contribution in [3.63, 3.8) is 0 Å². The summed E-state index contributed by atoms with van der Waals surface area (Å²) in [6.07, 6.45) is -1.28. The highest BCUT2D eigenvalue weighted by Crippen LogP contribution is 2.38. The number of benzene rings is 4. The Hall–Kier alpha value is -4.46. The third-order valence-corrected chi connectivity index (χ3v) is 6.77. The molecule has 0 spiro atoms. The molecular weight excluding hydrogens is 541 g/mol. The number of esters is 1. The highest BCUT2D eigenvalue weighted by molar-refractivity contribution is 6.40. The van der Waals surface area contributed by atoms with Gasteiger partial charge in [0.15, 0.2) is 6.10 Å². The number of anilines is 1. The molecule has 0 N–H and O–H groups in total. The molecule has 5 rings (SSSR count). The summed E-state index contributed by atoms with van der Waals surface area (Å²) in [5, 5.41) is 0.398. The lowest BCUT2D eigenvalue weighted by molar-refractivity contribution is 0.0277. The smallest absolute Gasteiger partial charge is 0.343 e. The van der Waals surface area contributed by atoms with Crippen LogP contribution in [-0.2, 0) is 4.74 Å². The van der Waals surface area contributed by atoms with Crippen molar-refractivity contribution in [1.82, 2.24) is 0 Å². The molecule has 0 radical (unpaired) electrons. The highest BCUT2D eigenvalue weighted by Gasteiger charge is 2.38. The van der Waals surface area contributed by atoms with Crippen molar-refractivity contribution in [2.45, 2.75) is 6.10 Å². The van der Waals surface area contributed by atoms with Gasteiger partial charge in [0.25, 0.3) is 11.8 Å². The number of carbonyl (C=O) groups is 4. The minimum Gasteiger partial charge on any atom is -0.496 e. The first-order chi connectivity index (χ1) is 18.8. The number of hydrogen-bond acceptors (Lipinski definition) is 6. The Bertz CT molecular complexity index is 1580. The van der Waals surface area contributed by atoms with Crippen LogP contribution in [0.4, 0.5) is 5.69 Å². The standard InChI is InChI=1S/C30H19Cl2NO6/c1-38-25-16-24(33-28(35)20-9-5-6-10-21(20)29(33)36)23(32)15-22(25)30(37)39-27(18-7-3-2-4-8-18)26(34)17-11-13-19(31)14-12-17/h2-16,27H,1H3/t27-/m0/s1. The molecule has 0 bridgehead atoms. The third kappa shape index (κ3) is 4.90. The lowest BCUT2D eigenvalue weighted by Crippen LogP contribution is -2.30. The predicted octanol–water partition coefficient (Wildman–Crippen LogP) is 6.58. The van der Waals surface area contributed by atoms with Gasteiger partial charge in [-0.25, -0.2) is 9.69 Å². The van der Waals surface area contributed by atoms with E-state index in [1.807, 2.05) is 0 Å². The topological polar surface area (TPSA) is 90.0 Å². The van der Waals surface area contributed by atoms with Crippen LogP contribution in [0.25, 0.3) is 0 Å². The van der Waals surface area contributed by atoms with Crippen LogP contribution in [0.3, 0.4) is 0 Å². The van der Waals surface area contributed by atoms with E-state index in [0.717, 1.165) is 4.90 Å². The molecule has 7 nitrogen and oxygen atoms in total. The van der Waals surface area contributed by atoms with Crippen LogP contribution in [0.15, 0.2) is 91.0 Å². The lowest BCUT2D eigenvalue weighted by Gasteiger charge is -2.20. The first kappa shape index (κ1) is 26.2. The molecule has 0 aliphatic carbocycles. The van der Waals surface area contributed by atoms with Gasteiger partial charge in [-0.2, -0.15) is 0 Å². The molecule has 2 amide bonds. The summed E-state index contributed by atoms with van der Waals surface area (Å²) in [6.45, 7) is 0. The van der Waals surface area contributed by atoms with E-state index in [1.165, 1.54) is 19.2 Å². The van der Waals surface area contributed by atoms with Crippen molar-refractivity contribution < 1.29 is 28.7 Å². The minimum absolute atomic E-state index is 0.00158. The van der Waals surface area contributed by atoms with E-state index in [1.54, 1.807) is 78.9 Å². The van der Waals surface area contributed by atoms with E-state index < -0.39 is 29.7 Å². The van der Waals surface area contributed by atoms with Crippen LogP contribution in [-0.4, -0.2) is 30.7 Å². The predicted molar refractivity (Wildman–Crippen MR) is 146 cm³/mol. The van der Waals surface area contributed by atoms with Gasteiger partial charge < -0.3 is 9.47 Å². The van der Waals surface area contributed by atoms with E-state index >= 15 is 0 Å². The molecule has 0 saturated heterocycles. The molecule has 1 aliphatic heterocycles. The molecule has 1 heterocycles. The number of methoxy groups -OCH3 is 1. The Morgan fingerprint density at radius 1 is 0.795 bits per heavy atom. The Kier molecular flexibility index (Phi) is 7.19. The molecule has 1 aliphatic rings. The lowest BCUT2D eigenvalue weighted by atomic mass is 9.99. The molecule has 0 unspecified atom stereocenters. The summed E-state index contributed by atoms with van der Waals surface area (Å²) < 4.78 is 11.1. The van der Waals surface area contributed by atoms with Crippen molar-refractivity contribution in [2.75, 3.05) is 12.0 Å². The zero-order valence-corrected chi connectivity index (χ0v) is 21.9. The van der Waals surface area contributed by atoms with E-state index in [0.29, 0.717) is 16.1 Å². The molecule has 0 fully saturated rings.